The quantitative estimate of drug-likeness (QED) is 0.755. The molecule has 2 aromatic rings. The van der Waals surface area contributed by atoms with Gasteiger partial charge in [-0.2, -0.15) is 9.36 Å². The van der Waals surface area contributed by atoms with E-state index in [1.54, 1.807) is 7.11 Å². The molecule has 9 nitrogen and oxygen atoms in total. The predicted molar refractivity (Wildman–Crippen MR) is 121 cm³/mol. The molecule has 1 atom stereocenters. The third kappa shape index (κ3) is 5.07. The zero-order valence-electron chi connectivity index (χ0n) is 17.9. The van der Waals surface area contributed by atoms with E-state index in [4.69, 9.17) is 4.74 Å². The lowest BCUT2D eigenvalue weighted by Gasteiger charge is -2.39. The van der Waals surface area contributed by atoms with Gasteiger partial charge in [0.2, 0.25) is 22.9 Å². The van der Waals surface area contributed by atoms with Gasteiger partial charge in [0, 0.05) is 63.4 Å². The number of ether oxygens (including phenoxy) is 1. The first-order valence-electron chi connectivity index (χ1n) is 10.6. The van der Waals surface area contributed by atoms with E-state index in [0.717, 1.165) is 62.1 Å². The topological polar surface area (TPSA) is 90.9 Å². The van der Waals surface area contributed by atoms with Gasteiger partial charge in [0.1, 0.15) is 5.75 Å². The van der Waals surface area contributed by atoms with Crippen LogP contribution < -0.4 is 19.9 Å². The number of nitrogens with zero attached hydrogens (tertiary/aromatic N) is 5. The highest BCUT2D eigenvalue weighted by atomic mass is 32.1. The van der Waals surface area contributed by atoms with Crippen molar-refractivity contribution in [1.82, 2.24) is 14.3 Å². The van der Waals surface area contributed by atoms with Gasteiger partial charge < -0.3 is 19.4 Å². The van der Waals surface area contributed by atoms with E-state index < -0.39 is 0 Å². The second-order valence-electron chi connectivity index (χ2n) is 7.88. The summed E-state index contributed by atoms with van der Waals surface area (Å²) in [7, 11) is 1.67. The number of rotatable bonds is 5. The molecule has 0 aliphatic carbocycles. The van der Waals surface area contributed by atoms with Gasteiger partial charge in [0.05, 0.1) is 13.0 Å². The molecule has 0 radical (unpaired) electrons. The summed E-state index contributed by atoms with van der Waals surface area (Å²) in [6.07, 6.45) is 1.84. The van der Waals surface area contributed by atoms with Crippen LogP contribution in [0.5, 0.6) is 5.75 Å². The van der Waals surface area contributed by atoms with Gasteiger partial charge in [0.25, 0.3) is 0 Å². The third-order valence-corrected chi connectivity index (χ3v) is 6.55. The zero-order valence-corrected chi connectivity index (χ0v) is 18.7. The monoisotopic (exact) mass is 444 g/mol. The number of amides is 2. The summed E-state index contributed by atoms with van der Waals surface area (Å²) in [6, 6.07) is 8.06. The molecule has 1 aromatic heterocycles. The van der Waals surface area contributed by atoms with Gasteiger partial charge in [-0.3, -0.25) is 14.9 Å². The van der Waals surface area contributed by atoms with E-state index in [9.17, 15) is 9.59 Å². The first-order chi connectivity index (χ1) is 15.0. The summed E-state index contributed by atoms with van der Waals surface area (Å²) in [5, 5.41) is 3.36. The van der Waals surface area contributed by atoms with Crippen LogP contribution >= 0.6 is 11.5 Å². The Morgan fingerprint density at radius 3 is 2.52 bits per heavy atom. The average Bonchev–Trinajstić information content (AvgIpc) is 3.27. The van der Waals surface area contributed by atoms with Crippen LogP contribution in [-0.2, 0) is 9.59 Å². The number of carbonyl (C=O) groups is 2. The Bertz CT molecular complexity index is 910. The first kappa shape index (κ1) is 21.4. The SMILES string of the molecule is COc1ccc(N2CCN(C(=O)[C@@H]3CCCN(c4nc(NC(C)=O)ns4)C3)CC2)cc1. The molecule has 3 heterocycles. The second kappa shape index (κ2) is 9.51. The maximum Gasteiger partial charge on any atom is 0.243 e. The number of methoxy groups -OCH3 is 1. The highest BCUT2D eigenvalue weighted by Crippen LogP contribution is 2.28. The smallest absolute Gasteiger partial charge is 0.243 e. The summed E-state index contributed by atoms with van der Waals surface area (Å²) >= 11 is 1.26. The van der Waals surface area contributed by atoms with Gasteiger partial charge in [-0.05, 0) is 37.1 Å². The van der Waals surface area contributed by atoms with Crippen LogP contribution in [0.2, 0.25) is 0 Å². The molecule has 0 spiro atoms. The average molecular weight is 445 g/mol. The number of carbonyl (C=O) groups excluding carboxylic acids is 2. The number of aromatic nitrogens is 2. The van der Waals surface area contributed by atoms with Crippen molar-refractivity contribution in [3.05, 3.63) is 24.3 Å². The van der Waals surface area contributed by atoms with Crippen LogP contribution in [-0.4, -0.2) is 72.5 Å². The minimum atomic E-state index is -0.190. The molecule has 31 heavy (non-hydrogen) atoms. The minimum absolute atomic E-state index is 0.0330. The number of benzene rings is 1. The normalized spacial score (nSPS) is 19.3. The Kier molecular flexibility index (Phi) is 6.55. The fourth-order valence-electron chi connectivity index (χ4n) is 4.14. The summed E-state index contributed by atoms with van der Waals surface area (Å²) < 4.78 is 9.42. The maximum absolute atomic E-state index is 13.2. The molecule has 166 valence electrons. The van der Waals surface area contributed by atoms with Crippen molar-refractivity contribution in [1.29, 1.82) is 0 Å². The molecular formula is C21H28N6O3S. The van der Waals surface area contributed by atoms with Crippen LogP contribution in [0, 0.1) is 5.92 Å². The molecule has 2 saturated heterocycles. The molecule has 10 heteroatoms. The number of anilines is 3. The predicted octanol–water partition coefficient (Wildman–Crippen LogP) is 2.07. The zero-order chi connectivity index (χ0) is 21.8. The van der Waals surface area contributed by atoms with Crippen LogP contribution in [0.1, 0.15) is 19.8 Å². The van der Waals surface area contributed by atoms with Crippen LogP contribution in [0.4, 0.5) is 16.8 Å². The summed E-state index contributed by atoms with van der Waals surface area (Å²) in [5.41, 5.74) is 1.16. The molecule has 2 fully saturated rings. The van der Waals surface area contributed by atoms with Crippen molar-refractivity contribution in [3.63, 3.8) is 0 Å². The molecule has 1 N–H and O–H groups in total. The molecule has 2 amide bonds. The lowest BCUT2D eigenvalue weighted by Crippen LogP contribution is -2.52. The Hall–Kier alpha value is -2.88. The van der Waals surface area contributed by atoms with Crippen molar-refractivity contribution in [2.24, 2.45) is 5.92 Å². The Morgan fingerprint density at radius 2 is 1.84 bits per heavy atom. The van der Waals surface area contributed by atoms with Crippen molar-refractivity contribution in [2.45, 2.75) is 19.8 Å². The third-order valence-electron chi connectivity index (χ3n) is 5.77. The number of hydrogen-bond donors (Lipinski definition) is 1. The van der Waals surface area contributed by atoms with Crippen molar-refractivity contribution >= 4 is 40.1 Å². The van der Waals surface area contributed by atoms with Crippen LogP contribution in [0.25, 0.3) is 0 Å². The van der Waals surface area contributed by atoms with Crippen LogP contribution in [0.15, 0.2) is 24.3 Å². The fourth-order valence-corrected chi connectivity index (χ4v) is 4.80. The molecule has 0 saturated carbocycles. The maximum atomic E-state index is 13.2. The molecule has 4 rings (SSSR count). The molecule has 2 aliphatic rings. The van der Waals surface area contributed by atoms with Crippen LogP contribution in [0.3, 0.4) is 0 Å². The van der Waals surface area contributed by atoms with E-state index in [2.05, 4.69) is 36.6 Å². The minimum Gasteiger partial charge on any atom is -0.497 e. The van der Waals surface area contributed by atoms with Crippen molar-refractivity contribution in [3.8, 4) is 5.75 Å². The number of piperidine rings is 1. The molecule has 1 aromatic carbocycles. The number of piperazine rings is 1. The highest BCUT2D eigenvalue weighted by molar-refractivity contribution is 7.09. The highest BCUT2D eigenvalue weighted by Gasteiger charge is 2.32. The first-order valence-corrected chi connectivity index (χ1v) is 11.3. The lowest BCUT2D eigenvalue weighted by molar-refractivity contribution is -0.136. The molecular weight excluding hydrogens is 416 g/mol. The number of hydrogen-bond acceptors (Lipinski definition) is 8. The van der Waals surface area contributed by atoms with E-state index in [0.29, 0.717) is 12.5 Å². The van der Waals surface area contributed by atoms with Gasteiger partial charge >= 0.3 is 0 Å². The molecule has 2 aliphatic heterocycles. The van der Waals surface area contributed by atoms with Gasteiger partial charge in [-0.1, -0.05) is 0 Å². The van der Waals surface area contributed by atoms with Gasteiger partial charge in [0.15, 0.2) is 0 Å². The standard InChI is InChI=1S/C21H28N6O3S/c1-15(28)22-20-23-21(31-24-20)27-9-3-4-16(14-27)19(29)26-12-10-25(11-13-26)17-5-7-18(30-2)8-6-17/h5-8,16H,3-4,9-14H2,1-2H3,(H,22,24,28)/t16-/m1/s1. The summed E-state index contributed by atoms with van der Waals surface area (Å²) in [6.45, 7) is 6.04. The fraction of sp³-hybridized carbons (Fsp3) is 0.524. The van der Waals surface area contributed by atoms with E-state index in [1.807, 2.05) is 17.0 Å². The van der Waals surface area contributed by atoms with Gasteiger partial charge in [-0.15, -0.1) is 0 Å². The largest absolute Gasteiger partial charge is 0.497 e. The second-order valence-corrected chi connectivity index (χ2v) is 8.61. The Morgan fingerprint density at radius 1 is 1.10 bits per heavy atom. The summed E-state index contributed by atoms with van der Waals surface area (Å²) in [5.74, 6) is 1.18. The molecule has 0 unspecified atom stereocenters. The Balaban J connectivity index is 1.32. The Labute approximate surface area is 186 Å². The molecule has 0 bridgehead atoms. The summed E-state index contributed by atoms with van der Waals surface area (Å²) in [4.78, 5) is 35.2. The van der Waals surface area contributed by atoms with E-state index in [-0.39, 0.29) is 17.7 Å². The van der Waals surface area contributed by atoms with Gasteiger partial charge in [-0.25, -0.2) is 0 Å². The van der Waals surface area contributed by atoms with E-state index >= 15 is 0 Å². The van der Waals surface area contributed by atoms with Crippen molar-refractivity contribution < 1.29 is 14.3 Å². The van der Waals surface area contributed by atoms with Crippen molar-refractivity contribution in [2.75, 3.05) is 61.5 Å². The lowest BCUT2D eigenvalue weighted by atomic mass is 9.96. The van der Waals surface area contributed by atoms with E-state index in [1.165, 1.54) is 18.5 Å². The number of nitrogens with one attached hydrogen (secondary N) is 1.